The van der Waals surface area contributed by atoms with Gasteiger partial charge in [-0.05, 0) is 27.7 Å². The zero-order valence-electron chi connectivity index (χ0n) is 12.1. The van der Waals surface area contributed by atoms with Crippen molar-refractivity contribution in [2.75, 3.05) is 13.2 Å². The van der Waals surface area contributed by atoms with Gasteiger partial charge in [-0.3, -0.25) is 9.59 Å². The van der Waals surface area contributed by atoms with Crippen molar-refractivity contribution < 1.29 is 28.5 Å². The molecule has 4 atom stereocenters. The molecule has 0 spiro atoms. The summed E-state index contributed by atoms with van der Waals surface area (Å²) in [7, 11) is 0. The molecule has 0 aliphatic rings. The fourth-order valence-corrected chi connectivity index (χ4v) is 1.63. The maximum absolute atomic E-state index is 11.7. The first-order valence-electron chi connectivity index (χ1n) is 6.33. The standard InChI is InChI=1S/C12H22O6S2/c1-5-15-7(3)17-11(13)9(19)10(20)12(14)18-8(4)16-6-2/h7-10,19-20H,5-6H2,1-4H3. The number of thiol groups is 2. The lowest BCUT2D eigenvalue weighted by Crippen LogP contribution is -2.37. The molecule has 0 aromatic rings. The summed E-state index contributed by atoms with van der Waals surface area (Å²) in [4.78, 5) is 23.4. The van der Waals surface area contributed by atoms with Gasteiger partial charge in [-0.15, -0.1) is 0 Å². The fraction of sp³-hybridized carbons (Fsp3) is 0.833. The number of esters is 2. The molecule has 0 aliphatic heterocycles. The van der Waals surface area contributed by atoms with Crippen molar-refractivity contribution in [3.63, 3.8) is 0 Å². The number of hydrogen-bond donors (Lipinski definition) is 2. The molecule has 20 heavy (non-hydrogen) atoms. The average molecular weight is 326 g/mol. The van der Waals surface area contributed by atoms with Gasteiger partial charge in [0, 0.05) is 13.2 Å². The Morgan fingerprint density at radius 3 is 1.40 bits per heavy atom. The Labute approximate surface area is 130 Å². The van der Waals surface area contributed by atoms with Crippen molar-refractivity contribution in [1.82, 2.24) is 0 Å². The maximum atomic E-state index is 11.7. The molecule has 118 valence electrons. The SMILES string of the molecule is CCOC(C)OC(=O)C(S)C(S)C(=O)OC(C)OCC. The van der Waals surface area contributed by atoms with Crippen LogP contribution >= 0.6 is 25.3 Å². The highest BCUT2D eigenvalue weighted by Crippen LogP contribution is 2.15. The van der Waals surface area contributed by atoms with Crippen LogP contribution in [0.15, 0.2) is 0 Å². The Balaban J connectivity index is 4.34. The third kappa shape index (κ3) is 7.37. The first kappa shape index (κ1) is 19.6. The highest BCUT2D eigenvalue weighted by atomic mass is 32.1. The van der Waals surface area contributed by atoms with Crippen LogP contribution in [0.25, 0.3) is 0 Å². The maximum Gasteiger partial charge on any atom is 0.322 e. The quantitative estimate of drug-likeness (QED) is 0.379. The Bertz CT molecular complexity index is 282. The normalized spacial score (nSPS) is 16.9. The molecule has 0 amide bonds. The molecule has 6 nitrogen and oxygen atoms in total. The highest BCUT2D eigenvalue weighted by Gasteiger charge is 2.32. The van der Waals surface area contributed by atoms with Gasteiger partial charge in [0.25, 0.3) is 0 Å². The van der Waals surface area contributed by atoms with E-state index in [-0.39, 0.29) is 0 Å². The molecule has 0 aliphatic carbocycles. The lowest BCUT2D eigenvalue weighted by atomic mass is 10.3. The predicted octanol–water partition coefficient (Wildman–Crippen LogP) is 1.43. The van der Waals surface area contributed by atoms with E-state index in [0.29, 0.717) is 13.2 Å². The molecule has 0 bridgehead atoms. The minimum Gasteiger partial charge on any atom is -0.435 e. The van der Waals surface area contributed by atoms with Gasteiger partial charge in [-0.2, -0.15) is 25.3 Å². The van der Waals surface area contributed by atoms with Crippen LogP contribution in [0, 0.1) is 0 Å². The zero-order chi connectivity index (χ0) is 15.7. The Hall–Kier alpha value is -0.440. The van der Waals surface area contributed by atoms with E-state index in [1.807, 2.05) is 0 Å². The lowest BCUT2D eigenvalue weighted by Gasteiger charge is -2.20. The number of hydrogen-bond acceptors (Lipinski definition) is 8. The number of rotatable bonds is 9. The van der Waals surface area contributed by atoms with Crippen LogP contribution in [0.4, 0.5) is 0 Å². The molecule has 0 heterocycles. The topological polar surface area (TPSA) is 71.1 Å². The molecule has 0 aromatic heterocycles. The molecule has 0 radical (unpaired) electrons. The second kappa shape index (κ2) is 10.3. The van der Waals surface area contributed by atoms with Gasteiger partial charge in [-0.1, -0.05) is 0 Å². The van der Waals surface area contributed by atoms with Crippen molar-refractivity contribution in [2.45, 2.75) is 50.8 Å². The molecular weight excluding hydrogens is 304 g/mol. The summed E-state index contributed by atoms with van der Waals surface area (Å²) in [5.74, 6) is -1.40. The van der Waals surface area contributed by atoms with E-state index in [9.17, 15) is 9.59 Å². The van der Waals surface area contributed by atoms with Gasteiger partial charge in [0.15, 0.2) is 12.6 Å². The summed E-state index contributed by atoms with van der Waals surface area (Å²) in [6.45, 7) is 7.51. The Morgan fingerprint density at radius 1 is 0.850 bits per heavy atom. The Kier molecular flexibility index (Phi) is 10.1. The summed E-state index contributed by atoms with van der Waals surface area (Å²) in [6, 6.07) is 0. The van der Waals surface area contributed by atoms with Crippen molar-refractivity contribution in [1.29, 1.82) is 0 Å². The molecule has 0 saturated carbocycles. The Morgan fingerprint density at radius 2 is 1.15 bits per heavy atom. The molecular formula is C12H22O6S2. The van der Waals surface area contributed by atoms with E-state index in [2.05, 4.69) is 25.3 Å². The molecule has 0 rings (SSSR count). The summed E-state index contributed by atoms with van der Waals surface area (Å²) < 4.78 is 20.0. The molecule has 0 N–H and O–H groups in total. The summed E-state index contributed by atoms with van der Waals surface area (Å²) in [5, 5.41) is -2.11. The first-order valence-corrected chi connectivity index (χ1v) is 7.37. The van der Waals surface area contributed by atoms with Crippen LogP contribution in [-0.2, 0) is 28.5 Å². The molecule has 0 aromatic carbocycles. The first-order chi connectivity index (χ1) is 9.33. The summed E-state index contributed by atoms with van der Waals surface area (Å²) >= 11 is 8.06. The average Bonchev–Trinajstić information content (AvgIpc) is 2.37. The second-order valence-corrected chi connectivity index (χ2v) is 4.92. The van der Waals surface area contributed by atoms with Gasteiger partial charge in [0.1, 0.15) is 10.5 Å². The largest absolute Gasteiger partial charge is 0.435 e. The minimum atomic E-state index is -1.05. The van der Waals surface area contributed by atoms with Gasteiger partial charge in [0.2, 0.25) is 0 Å². The molecule has 0 fully saturated rings. The number of carbonyl (C=O) groups excluding carboxylic acids is 2. The van der Waals surface area contributed by atoms with Crippen molar-refractivity contribution in [2.24, 2.45) is 0 Å². The number of ether oxygens (including phenoxy) is 4. The lowest BCUT2D eigenvalue weighted by molar-refractivity contribution is -0.179. The third-order valence-corrected chi connectivity index (χ3v) is 3.40. The second-order valence-electron chi connectivity index (χ2n) is 3.81. The van der Waals surface area contributed by atoms with Crippen LogP contribution < -0.4 is 0 Å². The van der Waals surface area contributed by atoms with E-state index in [1.54, 1.807) is 27.7 Å². The number of carbonyl (C=O) groups is 2. The van der Waals surface area contributed by atoms with Crippen molar-refractivity contribution in [3.05, 3.63) is 0 Å². The van der Waals surface area contributed by atoms with Gasteiger partial charge in [-0.25, -0.2) is 0 Å². The van der Waals surface area contributed by atoms with Crippen molar-refractivity contribution in [3.8, 4) is 0 Å². The van der Waals surface area contributed by atoms with Crippen LogP contribution in [0.1, 0.15) is 27.7 Å². The summed E-state index contributed by atoms with van der Waals surface area (Å²) in [5.41, 5.74) is 0. The van der Waals surface area contributed by atoms with Gasteiger partial charge in [0.05, 0.1) is 0 Å². The van der Waals surface area contributed by atoms with Gasteiger partial charge >= 0.3 is 11.9 Å². The highest BCUT2D eigenvalue weighted by molar-refractivity contribution is 7.86. The van der Waals surface area contributed by atoms with Crippen LogP contribution in [0.2, 0.25) is 0 Å². The molecule has 4 unspecified atom stereocenters. The van der Waals surface area contributed by atoms with E-state index < -0.39 is 35.0 Å². The fourth-order valence-electron chi connectivity index (χ4n) is 1.26. The minimum absolute atomic E-state index is 0.407. The van der Waals surface area contributed by atoms with Crippen LogP contribution in [0.3, 0.4) is 0 Å². The monoisotopic (exact) mass is 326 g/mol. The molecule has 8 heteroatoms. The predicted molar refractivity (Wildman–Crippen MR) is 79.9 cm³/mol. The smallest absolute Gasteiger partial charge is 0.322 e. The molecule has 0 saturated heterocycles. The van der Waals surface area contributed by atoms with Gasteiger partial charge < -0.3 is 18.9 Å². The van der Waals surface area contributed by atoms with Crippen LogP contribution in [-0.4, -0.2) is 48.2 Å². The van der Waals surface area contributed by atoms with E-state index >= 15 is 0 Å². The summed E-state index contributed by atoms with van der Waals surface area (Å²) in [6.07, 6.45) is -1.41. The third-order valence-electron chi connectivity index (χ3n) is 2.15. The zero-order valence-corrected chi connectivity index (χ0v) is 13.9. The van der Waals surface area contributed by atoms with Crippen molar-refractivity contribution >= 4 is 37.2 Å². The van der Waals surface area contributed by atoms with E-state index in [4.69, 9.17) is 18.9 Å². The van der Waals surface area contributed by atoms with Crippen LogP contribution in [0.5, 0.6) is 0 Å². The van der Waals surface area contributed by atoms with E-state index in [0.717, 1.165) is 0 Å². The van der Waals surface area contributed by atoms with E-state index in [1.165, 1.54) is 0 Å².